The quantitative estimate of drug-likeness (QED) is 0.481. The van der Waals surface area contributed by atoms with Crippen molar-refractivity contribution in [3.8, 4) is 5.75 Å². The molecule has 0 fully saturated rings. The van der Waals surface area contributed by atoms with Crippen molar-refractivity contribution in [2.75, 3.05) is 0 Å². The molecule has 3 rings (SSSR count). The minimum atomic E-state index is -0.359. The number of hydrogen-bond donors (Lipinski definition) is 1. The molecule has 3 aromatic rings. The van der Waals surface area contributed by atoms with Gasteiger partial charge in [0, 0.05) is 28.0 Å². The number of nitrogens with one attached hydrogen (secondary N) is 1. The van der Waals surface area contributed by atoms with E-state index in [2.05, 4.69) is 15.5 Å². The number of aromatic nitrogens is 1. The summed E-state index contributed by atoms with van der Waals surface area (Å²) in [6.07, 6.45) is 4.53. The normalized spacial score (nSPS) is 10.7. The van der Waals surface area contributed by atoms with Crippen molar-refractivity contribution < 1.29 is 9.53 Å². The van der Waals surface area contributed by atoms with Crippen molar-refractivity contribution in [3.63, 3.8) is 0 Å². The molecule has 0 saturated carbocycles. The molecule has 0 aliphatic carbocycles. The van der Waals surface area contributed by atoms with Gasteiger partial charge in [0.1, 0.15) is 12.4 Å². The summed E-state index contributed by atoms with van der Waals surface area (Å²) in [5.74, 6) is 0.224. The number of halogens is 2. The zero-order chi connectivity index (χ0) is 19.1. The van der Waals surface area contributed by atoms with E-state index >= 15 is 0 Å². The van der Waals surface area contributed by atoms with E-state index < -0.39 is 0 Å². The van der Waals surface area contributed by atoms with Crippen LogP contribution < -0.4 is 10.2 Å². The molecule has 0 aliphatic heterocycles. The fraction of sp³-hybridized carbons (Fsp3) is 0.0500. The second kappa shape index (κ2) is 9.16. The molecule has 0 aliphatic rings. The third-order valence-corrected chi connectivity index (χ3v) is 4.02. The number of nitrogens with zero attached hydrogens (tertiary/aromatic N) is 2. The Morgan fingerprint density at radius 1 is 1.11 bits per heavy atom. The summed E-state index contributed by atoms with van der Waals surface area (Å²) in [6, 6.07) is 15.9. The maximum atomic E-state index is 12.0. The number of carbonyl (C=O) groups is 1. The van der Waals surface area contributed by atoms with E-state index in [1.54, 1.807) is 42.6 Å². The Balaban J connectivity index is 1.69. The molecule has 2 aromatic carbocycles. The van der Waals surface area contributed by atoms with E-state index in [0.717, 1.165) is 5.56 Å². The zero-order valence-corrected chi connectivity index (χ0v) is 15.6. The molecule has 0 spiro atoms. The summed E-state index contributed by atoms with van der Waals surface area (Å²) < 4.78 is 5.84. The highest BCUT2D eigenvalue weighted by atomic mass is 35.5. The topological polar surface area (TPSA) is 63.6 Å². The molecule has 136 valence electrons. The van der Waals surface area contributed by atoms with E-state index in [1.165, 1.54) is 12.4 Å². The first kappa shape index (κ1) is 18.9. The number of pyridine rings is 1. The highest BCUT2D eigenvalue weighted by Crippen LogP contribution is 2.23. The van der Waals surface area contributed by atoms with Crippen LogP contribution >= 0.6 is 23.2 Å². The van der Waals surface area contributed by atoms with Crippen LogP contribution in [-0.2, 0) is 6.61 Å². The Kier molecular flexibility index (Phi) is 6.41. The molecule has 1 aromatic heterocycles. The van der Waals surface area contributed by atoms with Gasteiger partial charge in [-0.15, -0.1) is 0 Å². The van der Waals surface area contributed by atoms with Crippen molar-refractivity contribution in [1.29, 1.82) is 0 Å². The molecule has 0 unspecified atom stereocenters. The number of rotatable bonds is 6. The van der Waals surface area contributed by atoms with Gasteiger partial charge in [0.15, 0.2) is 0 Å². The van der Waals surface area contributed by atoms with E-state index in [4.69, 9.17) is 27.9 Å². The molecule has 0 bridgehead atoms. The van der Waals surface area contributed by atoms with Crippen LogP contribution in [0.3, 0.4) is 0 Å². The van der Waals surface area contributed by atoms with Gasteiger partial charge >= 0.3 is 0 Å². The number of ether oxygens (including phenoxy) is 1. The van der Waals surface area contributed by atoms with E-state index in [1.807, 2.05) is 18.2 Å². The van der Waals surface area contributed by atoms with E-state index in [0.29, 0.717) is 33.5 Å². The molecule has 27 heavy (non-hydrogen) atoms. The van der Waals surface area contributed by atoms with Gasteiger partial charge in [-0.1, -0.05) is 35.3 Å². The van der Waals surface area contributed by atoms with Crippen molar-refractivity contribution in [2.24, 2.45) is 5.10 Å². The number of hydrogen-bond acceptors (Lipinski definition) is 4. The molecule has 7 heteroatoms. The minimum absolute atomic E-state index is 0.338. The van der Waals surface area contributed by atoms with Gasteiger partial charge in [0.2, 0.25) is 0 Å². The lowest BCUT2D eigenvalue weighted by Gasteiger charge is -2.10. The van der Waals surface area contributed by atoms with Gasteiger partial charge in [-0.2, -0.15) is 5.10 Å². The number of amides is 1. The lowest BCUT2D eigenvalue weighted by Crippen LogP contribution is -2.17. The summed E-state index contributed by atoms with van der Waals surface area (Å²) >= 11 is 12.1. The molecule has 0 saturated heterocycles. The van der Waals surface area contributed by atoms with E-state index in [-0.39, 0.29) is 5.91 Å². The smallest absolute Gasteiger partial charge is 0.272 e. The summed E-state index contributed by atoms with van der Waals surface area (Å²) in [5.41, 5.74) is 4.44. The van der Waals surface area contributed by atoms with Crippen LogP contribution in [0.15, 0.2) is 72.1 Å². The Hall–Kier alpha value is -2.89. The maximum absolute atomic E-state index is 12.0. The number of benzene rings is 2. The third kappa shape index (κ3) is 5.54. The molecule has 1 heterocycles. The minimum Gasteiger partial charge on any atom is -0.488 e. The van der Waals surface area contributed by atoms with Crippen molar-refractivity contribution in [1.82, 2.24) is 10.4 Å². The van der Waals surface area contributed by atoms with Crippen LogP contribution in [0.1, 0.15) is 21.5 Å². The molecular weight excluding hydrogens is 385 g/mol. The van der Waals surface area contributed by atoms with Gasteiger partial charge < -0.3 is 4.74 Å². The molecule has 5 nitrogen and oxygen atoms in total. The fourth-order valence-electron chi connectivity index (χ4n) is 2.26. The number of hydrazone groups is 1. The largest absolute Gasteiger partial charge is 0.488 e. The van der Waals surface area contributed by atoms with Crippen LogP contribution in [0.2, 0.25) is 10.0 Å². The molecule has 0 radical (unpaired) electrons. The second-order valence-electron chi connectivity index (χ2n) is 5.54. The third-order valence-electron chi connectivity index (χ3n) is 3.55. The lowest BCUT2D eigenvalue weighted by molar-refractivity contribution is 0.0954. The Bertz CT molecular complexity index is 962. The fourth-order valence-corrected chi connectivity index (χ4v) is 2.65. The summed E-state index contributed by atoms with van der Waals surface area (Å²) in [6.45, 7) is 0.338. The SMILES string of the molecule is O=C(N/N=C\c1cc(Cl)ccc1OCc1cccc(Cl)c1)c1cccnc1. The van der Waals surface area contributed by atoms with Crippen LogP contribution in [0.5, 0.6) is 5.75 Å². The molecular formula is C20H15Cl2N3O2. The summed E-state index contributed by atoms with van der Waals surface area (Å²) in [7, 11) is 0. The zero-order valence-electron chi connectivity index (χ0n) is 14.1. The average molecular weight is 400 g/mol. The van der Waals surface area contributed by atoms with E-state index in [9.17, 15) is 4.79 Å². The van der Waals surface area contributed by atoms with Crippen molar-refractivity contribution >= 4 is 35.3 Å². The Morgan fingerprint density at radius 3 is 2.74 bits per heavy atom. The lowest BCUT2D eigenvalue weighted by atomic mass is 10.2. The van der Waals surface area contributed by atoms with Crippen LogP contribution in [0.25, 0.3) is 0 Å². The first-order valence-corrected chi connectivity index (χ1v) is 8.77. The van der Waals surface area contributed by atoms with Crippen LogP contribution in [0, 0.1) is 0 Å². The maximum Gasteiger partial charge on any atom is 0.272 e. The van der Waals surface area contributed by atoms with Gasteiger partial charge in [-0.05, 0) is 48.0 Å². The van der Waals surface area contributed by atoms with Gasteiger partial charge in [0.05, 0.1) is 11.8 Å². The first-order valence-electron chi connectivity index (χ1n) is 8.02. The Morgan fingerprint density at radius 2 is 1.96 bits per heavy atom. The molecule has 0 atom stereocenters. The monoisotopic (exact) mass is 399 g/mol. The van der Waals surface area contributed by atoms with Crippen LogP contribution in [0.4, 0.5) is 0 Å². The predicted octanol–water partition coefficient (Wildman–Crippen LogP) is 4.73. The molecule has 1 N–H and O–H groups in total. The first-order chi connectivity index (χ1) is 13.1. The second-order valence-corrected chi connectivity index (χ2v) is 6.41. The van der Waals surface area contributed by atoms with Crippen LogP contribution in [-0.4, -0.2) is 17.1 Å². The highest BCUT2D eigenvalue weighted by molar-refractivity contribution is 6.31. The van der Waals surface area contributed by atoms with Gasteiger partial charge in [0.25, 0.3) is 5.91 Å². The number of carbonyl (C=O) groups excluding carboxylic acids is 1. The average Bonchev–Trinajstić information content (AvgIpc) is 2.68. The Labute approximate surface area is 166 Å². The van der Waals surface area contributed by atoms with Crippen molar-refractivity contribution in [2.45, 2.75) is 6.61 Å². The summed E-state index contributed by atoms with van der Waals surface area (Å²) in [5, 5.41) is 5.15. The predicted molar refractivity (Wildman–Crippen MR) is 107 cm³/mol. The highest BCUT2D eigenvalue weighted by Gasteiger charge is 2.06. The summed E-state index contributed by atoms with van der Waals surface area (Å²) in [4.78, 5) is 15.9. The van der Waals surface area contributed by atoms with Crippen molar-refractivity contribution in [3.05, 3.63) is 93.7 Å². The van der Waals surface area contributed by atoms with Gasteiger partial charge in [-0.3, -0.25) is 9.78 Å². The standard InChI is InChI=1S/C20H15Cl2N3O2/c21-17-5-1-3-14(9-17)13-27-19-7-6-18(22)10-16(19)12-24-25-20(26)15-4-2-8-23-11-15/h1-12H,13H2,(H,25,26)/b24-12-. The van der Waals surface area contributed by atoms with Gasteiger partial charge in [-0.25, -0.2) is 5.43 Å². The molecule has 1 amide bonds.